The van der Waals surface area contributed by atoms with E-state index in [-0.39, 0.29) is 24.7 Å². The number of carbonyl (C=O) groups excluding carboxylic acids is 2. The minimum Gasteiger partial charge on any atom is -0.494 e. The zero-order chi connectivity index (χ0) is 11.7. The smallest absolute Gasteiger partial charge is 0.234 e. The molecule has 0 saturated carbocycles. The molecule has 4 heteroatoms. The van der Waals surface area contributed by atoms with Gasteiger partial charge in [0.05, 0.1) is 12.8 Å². The van der Waals surface area contributed by atoms with Crippen molar-refractivity contribution in [1.82, 2.24) is 0 Å². The summed E-state index contributed by atoms with van der Waals surface area (Å²) in [4.78, 5) is 24.4. The number of carbonyl (C=O) groups is 2. The molecule has 1 fully saturated rings. The van der Waals surface area contributed by atoms with E-state index in [2.05, 4.69) is 0 Å². The van der Waals surface area contributed by atoms with E-state index >= 15 is 0 Å². The van der Waals surface area contributed by atoms with Gasteiger partial charge >= 0.3 is 0 Å². The molecule has 0 aliphatic carbocycles. The van der Waals surface area contributed by atoms with Gasteiger partial charge in [0, 0.05) is 12.8 Å². The van der Waals surface area contributed by atoms with Gasteiger partial charge in [0.15, 0.2) is 0 Å². The summed E-state index contributed by atoms with van der Waals surface area (Å²) in [6.07, 6.45) is 0.575. The van der Waals surface area contributed by atoms with Crippen molar-refractivity contribution >= 4 is 17.5 Å². The Balaban J connectivity index is 2.51. The zero-order valence-electron chi connectivity index (χ0n) is 9.32. The second kappa shape index (κ2) is 3.96. The molecular weight excluding hydrogens is 206 g/mol. The number of methoxy groups -OCH3 is 1. The van der Waals surface area contributed by atoms with E-state index in [9.17, 15) is 9.59 Å². The SMILES string of the molecule is COc1c(C)cccc1N1C(=O)CCC1=O. The van der Waals surface area contributed by atoms with Crippen molar-refractivity contribution in [3.63, 3.8) is 0 Å². The van der Waals surface area contributed by atoms with E-state index in [0.29, 0.717) is 11.4 Å². The number of rotatable bonds is 2. The summed E-state index contributed by atoms with van der Waals surface area (Å²) in [5.74, 6) is 0.272. The maximum absolute atomic E-state index is 11.6. The van der Waals surface area contributed by atoms with Crippen molar-refractivity contribution in [3.05, 3.63) is 23.8 Å². The van der Waals surface area contributed by atoms with Gasteiger partial charge < -0.3 is 4.74 Å². The highest BCUT2D eigenvalue weighted by Crippen LogP contribution is 2.34. The van der Waals surface area contributed by atoms with E-state index in [0.717, 1.165) is 5.56 Å². The number of benzene rings is 1. The first-order chi connectivity index (χ1) is 7.65. The highest BCUT2D eigenvalue weighted by atomic mass is 16.5. The lowest BCUT2D eigenvalue weighted by atomic mass is 10.2. The summed E-state index contributed by atoms with van der Waals surface area (Å²) < 4.78 is 5.24. The zero-order valence-corrected chi connectivity index (χ0v) is 9.32. The van der Waals surface area contributed by atoms with Gasteiger partial charge in [-0.25, -0.2) is 4.90 Å². The van der Waals surface area contributed by atoms with E-state index in [1.165, 1.54) is 12.0 Å². The molecule has 0 aromatic heterocycles. The van der Waals surface area contributed by atoms with Crippen molar-refractivity contribution in [2.24, 2.45) is 0 Å². The summed E-state index contributed by atoms with van der Waals surface area (Å²) in [5, 5.41) is 0. The number of hydrogen-bond acceptors (Lipinski definition) is 3. The van der Waals surface area contributed by atoms with Gasteiger partial charge in [0.1, 0.15) is 5.75 Å². The van der Waals surface area contributed by atoms with Gasteiger partial charge in [-0.2, -0.15) is 0 Å². The Hall–Kier alpha value is -1.84. The van der Waals surface area contributed by atoms with Gasteiger partial charge in [0.2, 0.25) is 11.8 Å². The third kappa shape index (κ3) is 1.56. The minimum atomic E-state index is -0.158. The fourth-order valence-electron chi connectivity index (χ4n) is 1.92. The van der Waals surface area contributed by atoms with E-state index in [4.69, 9.17) is 4.74 Å². The highest BCUT2D eigenvalue weighted by molar-refractivity contribution is 6.20. The molecule has 1 aliphatic rings. The van der Waals surface area contributed by atoms with Crippen LogP contribution in [0, 0.1) is 6.92 Å². The van der Waals surface area contributed by atoms with E-state index in [1.54, 1.807) is 6.07 Å². The van der Waals surface area contributed by atoms with Gasteiger partial charge in [-0.05, 0) is 18.6 Å². The van der Waals surface area contributed by atoms with Crippen LogP contribution in [0.3, 0.4) is 0 Å². The van der Waals surface area contributed by atoms with Crippen molar-refractivity contribution in [3.8, 4) is 5.75 Å². The molecule has 0 N–H and O–H groups in total. The predicted molar refractivity (Wildman–Crippen MR) is 59.5 cm³/mol. The summed E-state index contributed by atoms with van der Waals surface area (Å²) in [6, 6.07) is 5.42. The van der Waals surface area contributed by atoms with E-state index < -0.39 is 0 Å². The van der Waals surface area contributed by atoms with Crippen LogP contribution in [0.4, 0.5) is 5.69 Å². The highest BCUT2D eigenvalue weighted by Gasteiger charge is 2.32. The average molecular weight is 219 g/mol. The van der Waals surface area contributed by atoms with Crippen LogP contribution >= 0.6 is 0 Å². The normalized spacial score (nSPS) is 15.8. The Bertz CT molecular complexity index is 438. The molecule has 2 amide bonds. The molecule has 0 bridgehead atoms. The number of para-hydroxylation sites is 1. The predicted octanol–water partition coefficient (Wildman–Crippen LogP) is 1.66. The second-order valence-electron chi connectivity index (χ2n) is 3.75. The average Bonchev–Trinajstić information content (AvgIpc) is 2.58. The largest absolute Gasteiger partial charge is 0.494 e. The summed E-state index contributed by atoms with van der Waals surface area (Å²) >= 11 is 0. The van der Waals surface area contributed by atoms with Gasteiger partial charge in [-0.1, -0.05) is 12.1 Å². The second-order valence-corrected chi connectivity index (χ2v) is 3.75. The Morgan fingerprint density at radius 1 is 1.19 bits per heavy atom. The van der Waals surface area contributed by atoms with Crippen molar-refractivity contribution in [1.29, 1.82) is 0 Å². The molecule has 16 heavy (non-hydrogen) atoms. The van der Waals surface area contributed by atoms with Crippen LogP contribution in [0.1, 0.15) is 18.4 Å². The number of imide groups is 1. The van der Waals surface area contributed by atoms with Crippen LogP contribution < -0.4 is 9.64 Å². The molecule has 4 nitrogen and oxygen atoms in total. The number of anilines is 1. The lowest BCUT2D eigenvalue weighted by Gasteiger charge is -2.18. The van der Waals surface area contributed by atoms with Crippen LogP contribution in [0.5, 0.6) is 5.75 Å². The third-order valence-corrected chi connectivity index (χ3v) is 2.69. The topological polar surface area (TPSA) is 46.6 Å². The van der Waals surface area contributed by atoms with Gasteiger partial charge in [-0.15, -0.1) is 0 Å². The lowest BCUT2D eigenvalue weighted by molar-refractivity contribution is -0.121. The number of aryl methyl sites for hydroxylation is 1. The molecule has 0 unspecified atom stereocenters. The first-order valence-corrected chi connectivity index (χ1v) is 5.14. The minimum absolute atomic E-state index is 0.158. The number of amides is 2. The van der Waals surface area contributed by atoms with Crippen LogP contribution in [-0.4, -0.2) is 18.9 Å². The number of hydrogen-bond donors (Lipinski definition) is 0. The lowest BCUT2D eigenvalue weighted by Crippen LogP contribution is -2.29. The summed E-state index contributed by atoms with van der Waals surface area (Å²) in [6.45, 7) is 1.88. The molecule has 1 heterocycles. The standard InChI is InChI=1S/C12H13NO3/c1-8-4-3-5-9(12(8)16-2)13-10(14)6-7-11(13)15/h3-5H,6-7H2,1-2H3. The van der Waals surface area contributed by atoms with Crippen LogP contribution in [0.2, 0.25) is 0 Å². The molecule has 2 rings (SSSR count). The molecule has 84 valence electrons. The Morgan fingerprint density at radius 3 is 2.38 bits per heavy atom. The Kier molecular flexibility index (Phi) is 2.64. The fourth-order valence-corrected chi connectivity index (χ4v) is 1.92. The molecule has 1 saturated heterocycles. The quantitative estimate of drug-likeness (QED) is 0.710. The molecule has 0 radical (unpaired) electrons. The van der Waals surface area contributed by atoms with Crippen molar-refractivity contribution in [2.45, 2.75) is 19.8 Å². The van der Waals surface area contributed by atoms with E-state index in [1.807, 2.05) is 19.1 Å². The number of ether oxygens (including phenoxy) is 1. The molecule has 0 spiro atoms. The summed E-state index contributed by atoms with van der Waals surface area (Å²) in [5.41, 5.74) is 1.46. The monoisotopic (exact) mass is 219 g/mol. The summed E-state index contributed by atoms with van der Waals surface area (Å²) in [7, 11) is 1.54. The Labute approximate surface area is 93.8 Å². The van der Waals surface area contributed by atoms with Crippen LogP contribution in [0.15, 0.2) is 18.2 Å². The molecule has 1 aromatic rings. The first kappa shape index (κ1) is 10.7. The fraction of sp³-hybridized carbons (Fsp3) is 0.333. The molecule has 1 aliphatic heterocycles. The maximum Gasteiger partial charge on any atom is 0.234 e. The van der Waals surface area contributed by atoms with Crippen LogP contribution in [-0.2, 0) is 9.59 Å². The molecular formula is C12H13NO3. The molecule has 1 aromatic carbocycles. The number of nitrogens with zero attached hydrogens (tertiary/aromatic N) is 1. The Morgan fingerprint density at radius 2 is 1.81 bits per heavy atom. The van der Waals surface area contributed by atoms with Gasteiger partial charge in [-0.3, -0.25) is 9.59 Å². The van der Waals surface area contributed by atoms with Crippen molar-refractivity contribution < 1.29 is 14.3 Å². The molecule has 0 atom stereocenters. The third-order valence-electron chi connectivity index (χ3n) is 2.69. The van der Waals surface area contributed by atoms with Crippen LogP contribution in [0.25, 0.3) is 0 Å². The maximum atomic E-state index is 11.6. The van der Waals surface area contributed by atoms with Gasteiger partial charge in [0.25, 0.3) is 0 Å². The first-order valence-electron chi connectivity index (χ1n) is 5.14. The van der Waals surface area contributed by atoms with Crippen molar-refractivity contribution in [2.75, 3.05) is 12.0 Å².